The molecule has 6 nitrogen and oxygen atoms in total. The van der Waals surface area contributed by atoms with Gasteiger partial charge in [-0.25, -0.2) is 0 Å². The number of anilines is 1. The van der Waals surface area contributed by atoms with Gasteiger partial charge in [0.15, 0.2) is 17.5 Å². The maximum atomic E-state index is 12.4. The van der Waals surface area contributed by atoms with Gasteiger partial charge >= 0.3 is 6.61 Å². The van der Waals surface area contributed by atoms with Gasteiger partial charge in [-0.15, -0.1) is 24.0 Å². The third-order valence-electron chi connectivity index (χ3n) is 3.51. The second-order valence-electron chi connectivity index (χ2n) is 5.20. The summed E-state index contributed by atoms with van der Waals surface area (Å²) < 4.78 is 39.7. The molecule has 9 heteroatoms. The molecule has 0 fully saturated rings. The van der Waals surface area contributed by atoms with Gasteiger partial charge in [-0.1, -0.05) is 18.2 Å². The number of methoxy groups -OCH3 is 2. The van der Waals surface area contributed by atoms with E-state index in [1.807, 2.05) is 0 Å². The van der Waals surface area contributed by atoms with Crippen molar-refractivity contribution in [3.8, 4) is 17.2 Å². The van der Waals surface area contributed by atoms with Gasteiger partial charge in [0.2, 0.25) is 0 Å². The van der Waals surface area contributed by atoms with Crippen molar-refractivity contribution < 1.29 is 23.0 Å². The van der Waals surface area contributed by atoms with Gasteiger partial charge < -0.3 is 25.3 Å². The maximum absolute atomic E-state index is 12.4. The molecule has 0 radical (unpaired) electrons. The van der Waals surface area contributed by atoms with Crippen LogP contribution in [-0.2, 0) is 6.42 Å². The number of nitrogens with two attached hydrogens (primary N) is 1. The molecule has 0 aliphatic carbocycles. The molecule has 0 unspecified atom stereocenters. The van der Waals surface area contributed by atoms with Crippen molar-refractivity contribution in [2.75, 3.05) is 26.1 Å². The van der Waals surface area contributed by atoms with Crippen molar-refractivity contribution in [1.82, 2.24) is 0 Å². The highest BCUT2D eigenvalue weighted by atomic mass is 127. The van der Waals surface area contributed by atoms with Gasteiger partial charge in [-0.05, 0) is 30.2 Å². The summed E-state index contributed by atoms with van der Waals surface area (Å²) in [4.78, 5) is 4.20. The normalized spacial score (nSPS) is 10.9. The second-order valence-corrected chi connectivity index (χ2v) is 5.20. The Labute approximate surface area is 173 Å². The number of hydrogen-bond donors (Lipinski definition) is 2. The fourth-order valence-electron chi connectivity index (χ4n) is 2.32. The molecule has 0 aliphatic heterocycles. The second kappa shape index (κ2) is 11.4. The van der Waals surface area contributed by atoms with E-state index in [1.165, 1.54) is 13.2 Å². The van der Waals surface area contributed by atoms with Crippen LogP contribution in [0.2, 0.25) is 0 Å². The van der Waals surface area contributed by atoms with E-state index in [2.05, 4.69) is 15.0 Å². The number of halogens is 3. The van der Waals surface area contributed by atoms with E-state index in [0.29, 0.717) is 35.7 Å². The Morgan fingerprint density at radius 2 is 1.78 bits per heavy atom. The van der Waals surface area contributed by atoms with Gasteiger partial charge in [-0.3, -0.25) is 4.99 Å². The molecule has 0 aromatic heterocycles. The molecule has 3 N–H and O–H groups in total. The number of nitrogens with one attached hydrogen (secondary N) is 1. The zero-order chi connectivity index (χ0) is 18.9. The Kier molecular flexibility index (Phi) is 9.62. The summed E-state index contributed by atoms with van der Waals surface area (Å²) in [6, 6.07) is 11.8. The van der Waals surface area contributed by atoms with Crippen molar-refractivity contribution >= 4 is 35.6 Å². The van der Waals surface area contributed by atoms with E-state index in [0.717, 1.165) is 0 Å². The number of benzene rings is 2. The first-order valence-electron chi connectivity index (χ1n) is 7.85. The molecule has 0 saturated heterocycles. The summed E-state index contributed by atoms with van der Waals surface area (Å²) in [5.74, 6) is 1.50. The van der Waals surface area contributed by atoms with E-state index in [1.54, 1.807) is 43.5 Å². The van der Waals surface area contributed by atoms with Crippen LogP contribution in [0.3, 0.4) is 0 Å². The predicted molar refractivity (Wildman–Crippen MR) is 112 cm³/mol. The number of guanidine groups is 1. The molecule has 2 aromatic carbocycles. The van der Waals surface area contributed by atoms with Crippen molar-refractivity contribution in [3.05, 3.63) is 48.0 Å². The Morgan fingerprint density at radius 1 is 1.07 bits per heavy atom. The summed E-state index contributed by atoms with van der Waals surface area (Å²) in [5, 5.41) is 2.94. The minimum Gasteiger partial charge on any atom is -0.493 e. The lowest BCUT2D eigenvalue weighted by Crippen LogP contribution is -2.23. The molecule has 27 heavy (non-hydrogen) atoms. The highest BCUT2D eigenvalue weighted by Gasteiger charge is 2.09. The molecular formula is C18H22F2IN3O3. The lowest BCUT2D eigenvalue weighted by Gasteiger charge is -2.11. The third kappa shape index (κ3) is 7.08. The summed E-state index contributed by atoms with van der Waals surface area (Å²) in [5.41, 5.74) is 7.19. The highest BCUT2D eigenvalue weighted by Crippen LogP contribution is 2.29. The minimum atomic E-state index is -2.86. The van der Waals surface area contributed by atoms with Crippen LogP contribution in [0.5, 0.6) is 17.2 Å². The molecular weight excluding hydrogens is 471 g/mol. The van der Waals surface area contributed by atoms with E-state index < -0.39 is 6.61 Å². The number of para-hydroxylation sites is 1. The number of hydrogen-bond acceptors (Lipinski definition) is 4. The molecule has 0 amide bonds. The third-order valence-corrected chi connectivity index (χ3v) is 3.51. The van der Waals surface area contributed by atoms with Crippen LogP contribution < -0.4 is 25.3 Å². The topological polar surface area (TPSA) is 78.1 Å². The van der Waals surface area contributed by atoms with Gasteiger partial charge in [-0.2, -0.15) is 8.78 Å². The standard InChI is InChI=1S/C18H21F2N3O3.HI/c1-24-15-8-7-13(11-16(15)25-2)23-18(21)22-10-9-12-5-3-4-6-14(12)26-17(19)20;/h3-8,11,17H,9-10H2,1-2H3,(H3,21,22,23);1H. The number of nitrogens with zero attached hydrogens (tertiary/aromatic N) is 1. The zero-order valence-electron chi connectivity index (χ0n) is 14.9. The highest BCUT2D eigenvalue weighted by molar-refractivity contribution is 14.0. The number of aliphatic imine (C=N–C) groups is 1. The maximum Gasteiger partial charge on any atom is 0.387 e. The minimum absolute atomic E-state index is 0. The average Bonchev–Trinajstić information content (AvgIpc) is 2.62. The quantitative estimate of drug-likeness (QED) is 0.332. The molecule has 0 saturated carbocycles. The first kappa shape index (κ1) is 22.7. The van der Waals surface area contributed by atoms with Crippen LogP contribution in [0.1, 0.15) is 5.56 Å². The average molecular weight is 493 g/mol. The Morgan fingerprint density at radius 3 is 2.44 bits per heavy atom. The SMILES string of the molecule is COc1ccc(NC(N)=NCCc2ccccc2OC(F)F)cc1OC.I. The fraction of sp³-hybridized carbons (Fsp3) is 0.278. The van der Waals surface area contributed by atoms with Gasteiger partial charge in [0.1, 0.15) is 5.75 Å². The van der Waals surface area contributed by atoms with Crippen molar-refractivity contribution in [3.63, 3.8) is 0 Å². The van der Waals surface area contributed by atoms with E-state index in [9.17, 15) is 8.78 Å². The summed E-state index contributed by atoms with van der Waals surface area (Å²) in [6.07, 6.45) is 0.414. The van der Waals surface area contributed by atoms with Crippen LogP contribution in [0.4, 0.5) is 14.5 Å². The lowest BCUT2D eigenvalue weighted by molar-refractivity contribution is -0.0504. The van der Waals surface area contributed by atoms with Gasteiger partial charge in [0.25, 0.3) is 0 Å². The Balaban J connectivity index is 0.00000364. The van der Waals surface area contributed by atoms with Crippen LogP contribution in [0.15, 0.2) is 47.5 Å². The van der Waals surface area contributed by atoms with Crippen LogP contribution in [-0.4, -0.2) is 33.3 Å². The van der Waals surface area contributed by atoms with Crippen molar-refractivity contribution in [2.45, 2.75) is 13.0 Å². The fourth-order valence-corrected chi connectivity index (χ4v) is 2.32. The lowest BCUT2D eigenvalue weighted by atomic mass is 10.1. The van der Waals surface area contributed by atoms with Gasteiger partial charge in [0, 0.05) is 18.3 Å². The van der Waals surface area contributed by atoms with Crippen LogP contribution >= 0.6 is 24.0 Å². The molecule has 0 heterocycles. The van der Waals surface area contributed by atoms with E-state index in [-0.39, 0.29) is 35.7 Å². The largest absolute Gasteiger partial charge is 0.493 e. The molecule has 0 atom stereocenters. The number of rotatable bonds is 8. The first-order valence-corrected chi connectivity index (χ1v) is 7.85. The Bertz CT molecular complexity index is 760. The van der Waals surface area contributed by atoms with Crippen molar-refractivity contribution in [2.24, 2.45) is 10.7 Å². The predicted octanol–water partition coefficient (Wildman–Crippen LogP) is 3.89. The molecule has 148 valence electrons. The van der Waals surface area contributed by atoms with Crippen molar-refractivity contribution in [1.29, 1.82) is 0 Å². The molecule has 2 aromatic rings. The van der Waals surface area contributed by atoms with Crippen LogP contribution in [0.25, 0.3) is 0 Å². The van der Waals surface area contributed by atoms with E-state index in [4.69, 9.17) is 15.2 Å². The summed E-state index contributed by atoms with van der Waals surface area (Å²) >= 11 is 0. The monoisotopic (exact) mass is 493 g/mol. The number of alkyl halides is 2. The smallest absolute Gasteiger partial charge is 0.387 e. The summed E-state index contributed by atoms with van der Waals surface area (Å²) in [7, 11) is 3.09. The first-order chi connectivity index (χ1) is 12.5. The van der Waals surface area contributed by atoms with Crippen LogP contribution in [0, 0.1) is 0 Å². The molecule has 0 bridgehead atoms. The Hall–Kier alpha value is -2.30. The van der Waals surface area contributed by atoms with E-state index >= 15 is 0 Å². The molecule has 0 aliphatic rings. The number of ether oxygens (including phenoxy) is 3. The molecule has 2 rings (SSSR count). The zero-order valence-corrected chi connectivity index (χ0v) is 17.3. The molecule has 0 spiro atoms. The summed E-state index contributed by atoms with van der Waals surface area (Å²) in [6.45, 7) is -2.55. The van der Waals surface area contributed by atoms with Gasteiger partial charge in [0.05, 0.1) is 14.2 Å².